The van der Waals surface area contributed by atoms with Gasteiger partial charge in [-0.3, -0.25) is 0 Å². The highest BCUT2D eigenvalue weighted by atomic mass is 16.6. The molecule has 0 amide bonds. The highest BCUT2D eigenvalue weighted by Crippen LogP contribution is 2.24. The fraction of sp³-hybridized carbons (Fsp3) is 0.727. The van der Waals surface area contributed by atoms with Crippen LogP contribution < -0.4 is 11.5 Å². The van der Waals surface area contributed by atoms with Crippen LogP contribution in [0, 0.1) is 0 Å². The van der Waals surface area contributed by atoms with Gasteiger partial charge in [-0.15, -0.1) is 0 Å². The third-order valence-electron chi connectivity index (χ3n) is 3.10. The number of rotatable bonds is 5. The molecule has 0 aromatic carbocycles. The van der Waals surface area contributed by atoms with E-state index in [0.717, 1.165) is 0 Å². The minimum absolute atomic E-state index is 0.0340. The predicted molar refractivity (Wildman–Crippen MR) is 64.7 cm³/mol. The van der Waals surface area contributed by atoms with Crippen LogP contribution in [0.1, 0.15) is 6.42 Å². The Balaban J connectivity index is 2.75. The summed E-state index contributed by atoms with van der Waals surface area (Å²) < 4.78 is 9.65. The predicted octanol–water partition coefficient (Wildman–Crippen LogP) is -2.80. The molecule has 8 nitrogen and oxygen atoms in total. The fourth-order valence-corrected chi connectivity index (χ4v) is 1.76. The zero-order valence-corrected chi connectivity index (χ0v) is 10.7. The lowest BCUT2D eigenvalue weighted by Crippen LogP contribution is -2.62. The van der Waals surface area contributed by atoms with Crippen LogP contribution in [0.25, 0.3) is 0 Å². The number of carbonyl (C=O) groups is 1. The van der Waals surface area contributed by atoms with E-state index >= 15 is 0 Å². The molecule has 0 aromatic heterocycles. The minimum Gasteiger partial charge on any atom is -0.485 e. The lowest BCUT2D eigenvalue weighted by Gasteiger charge is -2.38. The van der Waals surface area contributed by atoms with Gasteiger partial charge in [-0.25, -0.2) is 4.79 Å². The third-order valence-corrected chi connectivity index (χ3v) is 3.10. The summed E-state index contributed by atoms with van der Waals surface area (Å²) in [7, 11) is 1.21. The van der Waals surface area contributed by atoms with Gasteiger partial charge in [0.15, 0.2) is 0 Å². The van der Waals surface area contributed by atoms with Gasteiger partial charge in [-0.05, 0) is 12.5 Å². The molecular formula is C11H20N2O6. The zero-order chi connectivity index (χ0) is 14.6. The van der Waals surface area contributed by atoms with Gasteiger partial charge in [-0.1, -0.05) is 0 Å². The first-order valence-corrected chi connectivity index (χ1v) is 5.78. The van der Waals surface area contributed by atoms with Crippen LogP contribution in [0.4, 0.5) is 0 Å². The summed E-state index contributed by atoms with van der Waals surface area (Å²) in [4.78, 5) is 11.3. The van der Waals surface area contributed by atoms with E-state index in [9.17, 15) is 15.0 Å². The number of nitrogens with two attached hydrogens (primary N) is 2. The van der Waals surface area contributed by atoms with Gasteiger partial charge in [-0.2, -0.15) is 0 Å². The Kier molecular flexibility index (Phi) is 5.27. The van der Waals surface area contributed by atoms with Gasteiger partial charge in [0.05, 0.1) is 25.4 Å². The molecule has 0 aromatic rings. The summed E-state index contributed by atoms with van der Waals surface area (Å²) in [6.07, 6.45) is -1.31. The molecule has 4 atom stereocenters. The fourth-order valence-electron chi connectivity index (χ4n) is 1.76. The van der Waals surface area contributed by atoms with Gasteiger partial charge in [0, 0.05) is 6.04 Å². The van der Waals surface area contributed by atoms with E-state index in [1.807, 2.05) is 0 Å². The molecule has 0 saturated heterocycles. The van der Waals surface area contributed by atoms with Crippen LogP contribution in [-0.4, -0.2) is 65.4 Å². The molecule has 7 N–H and O–H groups in total. The molecule has 0 bridgehead atoms. The van der Waals surface area contributed by atoms with Crippen LogP contribution in [-0.2, 0) is 14.3 Å². The molecule has 110 valence electrons. The van der Waals surface area contributed by atoms with E-state index in [2.05, 4.69) is 4.74 Å². The van der Waals surface area contributed by atoms with E-state index < -0.39 is 36.4 Å². The Morgan fingerprint density at radius 3 is 2.74 bits per heavy atom. The van der Waals surface area contributed by atoms with E-state index in [0.29, 0.717) is 0 Å². The number of methoxy groups -OCH3 is 1. The number of esters is 1. The standard InChI is InChI=1S/C11H20N2O6/c1-18-10(17)8-2-9(12)11(13,5-19-8)3-6(15)7(16)4-14/h2,6-7,9,14-16H,3-5,12-13H2,1H3/t6-,7+,9-,11-/m0/s1. The third kappa shape index (κ3) is 3.64. The normalized spacial score (nSPS) is 30.0. The smallest absolute Gasteiger partial charge is 0.373 e. The van der Waals surface area contributed by atoms with Crippen LogP contribution in [0.15, 0.2) is 11.8 Å². The molecule has 1 rings (SSSR count). The van der Waals surface area contributed by atoms with Crippen molar-refractivity contribution in [3.63, 3.8) is 0 Å². The first-order chi connectivity index (χ1) is 8.84. The second-order valence-corrected chi connectivity index (χ2v) is 4.59. The maximum absolute atomic E-state index is 11.3. The second kappa shape index (κ2) is 6.31. The van der Waals surface area contributed by atoms with Gasteiger partial charge in [0.25, 0.3) is 0 Å². The van der Waals surface area contributed by atoms with Crippen molar-refractivity contribution in [3.8, 4) is 0 Å². The van der Waals surface area contributed by atoms with Gasteiger partial charge >= 0.3 is 5.97 Å². The highest BCUT2D eigenvalue weighted by Gasteiger charge is 2.40. The number of hydrogen-bond donors (Lipinski definition) is 5. The Bertz CT molecular complexity index is 361. The average molecular weight is 276 g/mol. The highest BCUT2D eigenvalue weighted by molar-refractivity contribution is 5.86. The van der Waals surface area contributed by atoms with Crippen LogP contribution in [0.2, 0.25) is 0 Å². The Morgan fingerprint density at radius 1 is 1.63 bits per heavy atom. The molecule has 1 aliphatic rings. The molecule has 0 saturated carbocycles. The SMILES string of the molecule is COC(=O)C1=C[C@H](N)[C@](N)(C[C@H](O)[C@H](O)CO)CO1. The minimum atomic E-state index is -1.31. The number of aliphatic hydroxyl groups excluding tert-OH is 3. The molecule has 1 heterocycles. The monoisotopic (exact) mass is 276 g/mol. The van der Waals surface area contributed by atoms with Crippen molar-refractivity contribution in [2.75, 3.05) is 20.3 Å². The van der Waals surface area contributed by atoms with E-state index in [1.165, 1.54) is 13.2 Å². The largest absolute Gasteiger partial charge is 0.485 e. The Morgan fingerprint density at radius 2 is 2.26 bits per heavy atom. The van der Waals surface area contributed by atoms with E-state index in [-0.39, 0.29) is 18.8 Å². The molecular weight excluding hydrogens is 256 g/mol. The van der Waals surface area contributed by atoms with Crippen LogP contribution in [0.3, 0.4) is 0 Å². The maximum atomic E-state index is 11.3. The number of aliphatic hydroxyl groups is 3. The molecule has 0 fully saturated rings. The number of carbonyl (C=O) groups excluding carboxylic acids is 1. The summed E-state index contributed by atoms with van der Waals surface area (Å²) >= 11 is 0. The van der Waals surface area contributed by atoms with Gasteiger partial charge < -0.3 is 36.3 Å². The van der Waals surface area contributed by atoms with Gasteiger partial charge in [0.2, 0.25) is 5.76 Å². The summed E-state index contributed by atoms with van der Waals surface area (Å²) in [5.74, 6) is -0.693. The van der Waals surface area contributed by atoms with E-state index in [4.69, 9.17) is 21.3 Å². The lowest BCUT2D eigenvalue weighted by molar-refractivity contribution is -0.141. The zero-order valence-electron chi connectivity index (χ0n) is 10.7. The number of hydrogen-bond acceptors (Lipinski definition) is 8. The Hall–Kier alpha value is -1.19. The molecule has 0 radical (unpaired) electrons. The molecule has 0 aliphatic carbocycles. The van der Waals surface area contributed by atoms with Crippen molar-refractivity contribution in [2.24, 2.45) is 11.5 Å². The van der Waals surface area contributed by atoms with E-state index in [1.54, 1.807) is 0 Å². The first-order valence-electron chi connectivity index (χ1n) is 5.78. The average Bonchev–Trinajstić information content (AvgIpc) is 2.40. The molecule has 1 aliphatic heterocycles. The number of ether oxygens (including phenoxy) is 2. The lowest BCUT2D eigenvalue weighted by atomic mass is 9.83. The van der Waals surface area contributed by atoms with Crippen molar-refractivity contribution in [2.45, 2.75) is 30.2 Å². The molecule has 8 heteroatoms. The summed E-state index contributed by atoms with van der Waals surface area (Å²) in [6, 6.07) is -0.754. The molecule has 0 spiro atoms. The summed E-state index contributed by atoms with van der Waals surface area (Å²) in [5.41, 5.74) is 10.7. The topological polar surface area (TPSA) is 148 Å². The van der Waals surface area contributed by atoms with Crippen molar-refractivity contribution < 1.29 is 29.6 Å². The molecule has 19 heavy (non-hydrogen) atoms. The first kappa shape index (κ1) is 15.9. The van der Waals surface area contributed by atoms with Crippen LogP contribution in [0.5, 0.6) is 0 Å². The van der Waals surface area contributed by atoms with Crippen LogP contribution >= 0.6 is 0 Å². The summed E-state index contributed by atoms with van der Waals surface area (Å²) in [6.45, 7) is -0.694. The van der Waals surface area contributed by atoms with Crippen molar-refractivity contribution in [1.29, 1.82) is 0 Å². The van der Waals surface area contributed by atoms with Crippen molar-refractivity contribution in [3.05, 3.63) is 11.8 Å². The van der Waals surface area contributed by atoms with Crippen molar-refractivity contribution >= 4 is 5.97 Å². The van der Waals surface area contributed by atoms with Gasteiger partial charge in [0.1, 0.15) is 12.7 Å². The molecule has 0 unspecified atom stereocenters. The quantitative estimate of drug-likeness (QED) is 0.338. The van der Waals surface area contributed by atoms with Crippen molar-refractivity contribution in [1.82, 2.24) is 0 Å². The second-order valence-electron chi connectivity index (χ2n) is 4.59. The maximum Gasteiger partial charge on any atom is 0.373 e. The summed E-state index contributed by atoms with van der Waals surface area (Å²) in [5, 5.41) is 27.7. The Labute approximate surface area is 110 Å².